The summed E-state index contributed by atoms with van der Waals surface area (Å²) in [5, 5.41) is 11.6. The van der Waals surface area contributed by atoms with Crippen LogP contribution in [0.3, 0.4) is 0 Å². The number of unbranched alkanes of at least 4 members (excludes halogenated alkanes) is 2. The van der Waals surface area contributed by atoms with Gasteiger partial charge in [0.25, 0.3) is 5.91 Å². The zero-order valence-electron chi connectivity index (χ0n) is 55.0. The molecule has 1 saturated heterocycles. The maximum Gasteiger partial charge on any atom is 0.312 e. The first-order chi connectivity index (χ1) is 42.1. The number of hydrogen-bond acceptors (Lipinski definition) is 14. The van der Waals surface area contributed by atoms with Crippen LogP contribution in [0.15, 0.2) is 90.5 Å². The molecule has 3 aromatic rings. The lowest BCUT2D eigenvalue weighted by atomic mass is 9.76. The predicted molar refractivity (Wildman–Crippen MR) is 340 cm³/mol. The fourth-order valence-corrected chi connectivity index (χ4v) is 11.8. The lowest BCUT2D eigenvalue weighted by Gasteiger charge is -2.40. The molecule has 0 saturated carbocycles. The lowest BCUT2D eigenvalue weighted by molar-refractivity contribution is -0.145. The molecule has 7 N–H and O–H groups in total. The number of rotatable bonds is 36. The Morgan fingerprint density at radius 1 is 0.764 bits per heavy atom. The molecule has 0 bridgehead atoms. The van der Waals surface area contributed by atoms with Crippen LogP contribution in [0.5, 0.6) is 0 Å². The smallest absolute Gasteiger partial charge is 0.312 e. The third-order valence-electron chi connectivity index (χ3n) is 16.1. The summed E-state index contributed by atoms with van der Waals surface area (Å²) in [5.74, 6) is -5.31. The Morgan fingerprint density at radius 3 is 1.97 bits per heavy atom. The number of benzene rings is 3. The number of hydrogen-bond donors (Lipinski definition) is 6. The molecular weight excluding hydrogens is 1160 g/mol. The Hall–Kier alpha value is -7.59. The predicted octanol–water partition coefficient (Wildman–Crippen LogP) is 6.82. The van der Waals surface area contributed by atoms with E-state index in [1.165, 1.54) is 11.8 Å². The molecule has 21 nitrogen and oxygen atoms in total. The van der Waals surface area contributed by atoms with Crippen LogP contribution in [0.1, 0.15) is 163 Å². The summed E-state index contributed by atoms with van der Waals surface area (Å²) in [6.07, 6.45) is 3.09. The number of nitrogens with one attached hydrogen (secondary N) is 5. The maximum atomic E-state index is 14.5. The summed E-state index contributed by atoms with van der Waals surface area (Å²) >= 11 is 0. The summed E-state index contributed by atoms with van der Waals surface area (Å²) < 4.78 is 41.2. The normalized spacial score (nSPS) is 15.8. The molecule has 6 atom stereocenters. The van der Waals surface area contributed by atoms with Crippen molar-refractivity contribution in [2.24, 2.45) is 28.9 Å². The number of Topliss-reactive ketones (excluding diaryl/α,β-unsaturated/α-hetero) is 2. The van der Waals surface area contributed by atoms with Gasteiger partial charge in [0.05, 0.1) is 23.9 Å². The molecule has 4 rings (SSSR count). The quantitative estimate of drug-likeness (QED) is 0.0151. The van der Waals surface area contributed by atoms with E-state index < -0.39 is 98.9 Å². The van der Waals surface area contributed by atoms with E-state index in [2.05, 4.69) is 26.0 Å². The third-order valence-corrected chi connectivity index (χ3v) is 17.3. The molecule has 8 amide bonds. The van der Waals surface area contributed by atoms with Crippen LogP contribution in [0.25, 0.3) is 0 Å². The minimum absolute atomic E-state index is 0.0158. The van der Waals surface area contributed by atoms with Gasteiger partial charge in [-0.15, -0.1) is 0 Å². The number of nitrogens with zero attached hydrogens (tertiary/aromatic N) is 2. The van der Waals surface area contributed by atoms with E-state index in [9.17, 15) is 56.4 Å². The topological polar surface area (TPSA) is 307 Å². The number of urea groups is 1. The van der Waals surface area contributed by atoms with Gasteiger partial charge in [-0.2, -0.15) is 0 Å². The molecule has 488 valence electrons. The molecule has 1 aliphatic rings. The summed E-state index contributed by atoms with van der Waals surface area (Å²) in [4.78, 5) is 134. The van der Waals surface area contributed by atoms with Gasteiger partial charge in [-0.3, -0.25) is 48.1 Å². The van der Waals surface area contributed by atoms with Gasteiger partial charge >= 0.3 is 12.0 Å². The highest BCUT2D eigenvalue weighted by atomic mass is 32.2. The van der Waals surface area contributed by atoms with Crippen LogP contribution in [-0.2, 0) is 88.5 Å². The minimum atomic E-state index is -4.02. The molecule has 1 heterocycles. The van der Waals surface area contributed by atoms with Crippen molar-refractivity contribution in [3.05, 3.63) is 118 Å². The Balaban J connectivity index is 1.30. The molecule has 22 heteroatoms. The molecule has 3 aromatic carbocycles. The highest BCUT2D eigenvalue weighted by Crippen LogP contribution is 2.30. The number of likely N-dealkylation sites (N-methyl/N-ethyl adjacent to an activating group) is 2. The monoisotopic (exact) mass is 1250 g/mol. The average molecular weight is 1260 g/mol. The number of carbonyl (C=O) groups is 10. The number of primary amides is 1. The molecule has 0 radical (unpaired) electrons. The molecule has 89 heavy (non-hydrogen) atoms. The molecule has 1 unspecified atom stereocenters. The number of likely N-dealkylation sites (tertiary alicyclic amines) is 1. The fraction of sp³-hybridized carbons (Fsp3) is 0.552. The summed E-state index contributed by atoms with van der Waals surface area (Å²) in [6, 6.07) is 18.9. The van der Waals surface area contributed by atoms with Crippen molar-refractivity contribution in [3.8, 4) is 0 Å². The fourth-order valence-electron chi connectivity index (χ4n) is 10.6. The highest BCUT2D eigenvalue weighted by Gasteiger charge is 2.42. The van der Waals surface area contributed by atoms with Crippen molar-refractivity contribution in [2.45, 2.75) is 188 Å². The summed E-state index contributed by atoms with van der Waals surface area (Å²) in [7, 11) is -0.759. The standard InChI is InChI=1S/C67H96N8O13S/c1-43(2)52(40-51(76)22-17-14-18-37-75-56(78)33-34-57(75)79)62(82)71-53(23-19-36-70-65(68)85)55(77)39-47-24-26-48(27-25-47)41-88-58(80)35-30-46-28-31-50(32-29-46)67(9,10)59(69-11)63(83)72-60(66(6,7)8)64(84)74(12)54(44(3)4)38-45(5)61(81)73-89(86,87)42-49-20-15-13-16-21-49/h13,15-16,20-21,24-29,31-32,38,43-44,52-54,59-60,69H,14,17-19,22-23,30,33-37,39-42H2,1-12H3,(H,71,82)(H,72,83)(H,73,81)(H3,68,70,85)/b45-38+/t52-,53-,54+,59+,60+/m0/s1/i33T/t33?,52-,53-,54+,59+,60+. The number of ether oxygens (including phenoxy) is 1. The van der Waals surface area contributed by atoms with Crippen molar-refractivity contribution in [1.29, 1.82) is 0 Å². The average Bonchev–Trinajstić information content (AvgIpc) is 1.58. The second-order valence-corrected chi connectivity index (χ2v) is 27.2. The van der Waals surface area contributed by atoms with Gasteiger partial charge in [-0.1, -0.05) is 154 Å². The van der Waals surface area contributed by atoms with Crippen LogP contribution in [0.4, 0.5) is 4.79 Å². The first-order valence-electron chi connectivity index (χ1n) is 31.2. The zero-order chi connectivity index (χ0) is 67.3. The van der Waals surface area contributed by atoms with E-state index in [1.54, 1.807) is 74.8 Å². The molecular formula is C67H96N8O13S. The Labute approximate surface area is 527 Å². The third kappa shape index (κ3) is 23.7. The van der Waals surface area contributed by atoms with Gasteiger partial charge in [0.15, 0.2) is 5.78 Å². The minimum Gasteiger partial charge on any atom is -0.461 e. The Kier molecular flexibility index (Phi) is 27.9. The van der Waals surface area contributed by atoms with Gasteiger partial charge in [-0.05, 0) is 91.1 Å². The van der Waals surface area contributed by atoms with Crippen molar-refractivity contribution in [2.75, 3.05) is 27.2 Å². The van der Waals surface area contributed by atoms with Gasteiger partial charge in [0.2, 0.25) is 39.6 Å². The van der Waals surface area contributed by atoms with E-state index in [0.29, 0.717) is 48.8 Å². The molecule has 0 spiro atoms. The van der Waals surface area contributed by atoms with Crippen molar-refractivity contribution in [1.82, 2.24) is 35.8 Å². The van der Waals surface area contributed by atoms with Crippen molar-refractivity contribution >= 4 is 69.0 Å². The van der Waals surface area contributed by atoms with E-state index in [0.717, 1.165) is 16.0 Å². The van der Waals surface area contributed by atoms with Crippen molar-refractivity contribution < 1.29 is 62.5 Å². The molecule has 0 aromatic heterocycles. The number of amides is 8. The van der Waals surface area contributed by atoms with Crippen LogP contribution in [0, 0.1) is 23.2 Å². The van der Waals surface area contributed by atoms with Crippen LogP contribution in [0.2, 0.25) is 0 Å². The number of nitrogens with two attached hydrogens (primary N) is 1. The van der Waals surface area contributed by atoms with Crippen molar-refractivity contribution in [3.63, 3.8) is 0 Å². The second kappa shape index (κ2) is 34.4. The highest BCUT2D eigenvalue weighted by molar-refractivity contribution is 7.89. The van der Waals surface area contributed by atoms with E-state index >= 15 is 0 Å². The molecule has 1 fully saturated rings. The largest absolute Gasteiger partial charge is 0.461 e. The van der Waals surface area contributed by atoms with Gasteiger partial charge in [0, 0.05) is 76.9 Å². The molecule has 1 aliphatic heterocycles. The van der Waals surface area contributed by atoms with Gasteiger partial charge in [-0.25, -0.2) is 17.9 Å². The Morgan fingerprint density at radius 2 is 1.39 bits per heavy atom. The number of aryl methyl sites for hydroxylation is 1. The van der Waals surface area contributed by atoms with E-state index in [4.69, 9.17) is 11.8 Å². The van der Waals surface area contributed by atoms with Crippen LogP contribution < -0.4 is 31.7 Å². The molecule has 0 aliphatic carbocycles. The number of ketones is 2. The maximum absolute atomic E-state index is 14.5. The summed E-state index contributed by atoms with van der Waals surface area (Å²) in [6.45, 7) is 18.6. The Bertz CT molecular complexity index is 3130. The van der Waals surface area contributed by atoms with Gasteiger partial charge in [0.1, 0.15) is 18.4 Å². The van der Waals surface area contributed by atoms with E-state index in [-0.39, 0.29) is 98.9 Å². The number of carbonyl (C=O) groups excluding carboxylic acids is 10. The first kappa shape index (κ1) is 72.2. The van der Waals surface area contributed by atoms with Gasteiger partial charge < -0.3 is 36.6 Å². The second-order valence-electron chi connectivity index (χ2n) is 25.5. The number of esters is 1. The number of imide groups is 1. The lowest BCUT2D eigenvalue weighted by Crippen LogP contribution is -2.61. The number of sulfonamides is 1. The van der Waals surface area contributed by atoms with Crippen LogP contribution >= 0.6 is 0 Å². The summed E-state index contributed by atoms with van der Waals surface area (Å²) in [5.41, 5.74) is 7.30. The van der Waals surface area contributed by atoms with Crippen LogP contribution in [-0.4, -0.2) is 129 Å². The SMILES string of the molecule is [3H]C1CC(=O)N(CCCCCC(=O)C[C@H](C(=O)N[C@@H](CCCNC(N)=O)C(=O)Cc2ccc(COC(=O)CCc3ccc(C(C)(C)[C@H](NC)C(=O)N[C@H](C(=O)N(C)[C@H](/C=C(\C)C(=O)NS(=O)(=O)Cc4ccccc4)C(C)C)C(C)(C)C)cc3)cc2)C(C)C)C1=O. The van der Waals surface area contributed by atoms with E-state index in [1.807, 2.05) is 86.6 Å². The zero-order valence-corrected chi connectivity index (χ0v) is 54.8. The first-order valence-corrected chi connectivity index (χ1v) is 32.3.